The highest BCUT2D eigenvalue weighted by Crippen LogP contribution is 2.35. The Hall–Kier alpha value is -1.74. The normalized spacial score (nSPS) is 11.7. The van der Waals surface area contributed by atoms with Gasteiger partial charge in [0.2, 0.25) is 0 Å². The first-order valence-corrected chi connectivity index (χ1v) is 6.84. The number of benzene rings is 1. The monoisotopic (exact) mass is 290 g/mol. The maximum Gasteiger partial charge on any atom is 0.134 e. The summed E-state index contributed by atoms with van der Waals surface area (Å²) in [5.41, 5.74) is 9.47. The predicted octanol–water partition coefficient (Wildman–Crippen LogP) is 4.30. The van der Waals surface area contributed by atoms with Crippen LogP contribution in [0.1, 0.15) is 31.9 Å². The second kappa shape index (κ2) is 4.98. The van der Waals surface area contributed by atoms with E-state index in [2.05, 4.69) is 25.8 Å². The third-order valence-corrected chi connectivity index (χ3v) is 3.76. The third-order valence-electron chi connectivity index (χ3n) is 3.39. The summed E-state index contributed by atoms with van der Waals surface area (Å²) in [6.07, 6.45) is 0. The number of hydrogen-bond donors (Lipinski definition) is 2. The largest absolute Gasteiger partial charge is 0.507 e. The zero-order valence-electron chi connectivity index (χ0n) is 12.2. The lowest BCUT2D eigenvalue weighted by molar-refractivity contribution is 0.473. The van der Waals surface area contributed by atoms with Gasteiger partial charge in [0.1, 0.15) is 10.9 Å². The Morgan fingerprint density at radius 2 is 1.85 bits per heavy atom. The first-order chi connectivity index (χ1) is 9.20. The Kier molecular flexibility index (Phi) is 3.65. The molecule has 0 spiro atoms. The van der Waals surface area contributed by atoms with Crippen LogP contribution in [0.15, 0.2) is 24.3 Å². The maximum atomic E-state index is 10.2. The number of aromatic hydroxyl groups is 1. The van der Waals surface area contributed by atoms with Gasteiger partial charge in [-0.05, 0) is 36.1 Å². The Balaban J connectivity index is 2.54. The molecule has 0 aliphatic carbocycles. The van der Waals surface area contributed by atoms with Gasteiger partial charge >= 0.3 is 0 Å². The topological polar surface area (TPSA) is 59.1 Å². The summed E-state index contributed by atoms with van der Waals surface area (Å²) in [6, 6.07) is 7.33. The van der Waals surface area contributed by atoms with Gasteiger partial charge in [-0.1, -0.05) is 38.4 Å². The number of pyridine rings is 1. The lowest BCUT2D eigenvalue weighted by atomic mass is 9.86. The molecule has 1 heterocycles. The van der Waals surface area contributed by atoms with E-state index in [-0.39, 0.29) is 11.2 Å². The summed E-state index contributed by atoms with van der Waals surface area (Å²) in [5, 5.41) is 10.6. The zero-order chi connectivity index (χ0) is 15.1. The molecule has 0 unspecified atom stereocenters. The van der Waals surface area contributed by atoms with E-state index in [1.165, 1.54) is 0 Å². The first-order valence-electron chi connectivity index (χ1n) is 6.46. The van der Waals surface area contributed by atoms with Gasteiger partial charge in [-0.25, -0.2) is 4.98 Å². The number of anilines is 1. The molecule has 20 heavy (non-hydrogen) atoms. The van der Waals surface area contributed by atoms with Crippen LogP contribution in [0, 0.1) is 6.92 Å². The van der Waals surface area contributed by atoms with Crippen LogP contribution < -0.4 is 5.73 Å². The average Bonchev–Trinajstić information content (AvgIpc) is 2.34. The molecular weight excluding hydrogens is 272 g/mol. The van der Waals surface area contributed by atoms with Crippen LogP contribution in [0.3, 0.4) is 0 Å². The first kappa shape index (κ1) is 14.7. The van der Waals surface area contributed by atoms with Crippen LogP contribution >= 0.6 is 11.6 Å². The van der Waals surface area contributed by atoms with Crippen molar-refractivity contribution in [2.75, 3.05) is 5.73 Å². The van der Waals surface area contributed by atoms with Crippen molar-refractivity contribution in [3.63, 3.8) is 0 Å². The molecular formula is C16H19ClN2O. The van der Waals surface area contributed by atoms with Crippen LogP contribution in [-0.4, -0.2) is 10.1 Å². The lowest BCUT2D eigenvalue weighted by Gasteiger charge is -2.20. The number of nitrogen functional groups attached to an aromatic ring is 1. The molecule has 0 aliphatic rings. The Morgan fingerprint density at radius 1 is 1.20 bits per heavy atom. The van der Waals surface area contributed by atoms with Crippen LogP contribution in [0.5, 0.6) is 5.75 Å². The van der Waals surface area contributed by atoms with Crippen molar-refractivity contribution in [1.29, 1.82) is 0 Å². The van der Waals surface area contributed by atoms with E-state index < -0.39 is 0 Å². The van der Waals surface area contributed by atoms with Crippen LogP contribution in [0.4, 0.5) is 5.69 Å². The maximum absolute atomic E-state index is 10.2. The number of phenols is 1. The molecule has 0 saturated carbocycles. The molecule has 1 aromatic carbocycles. The molecule has 3 nitrogen and oxygen atoms in total. The molecule has 2 aromatic rings. The number of nitrogens with two attached hydrogens (primary N) is 1. The molecule has 106 valence electrons. The van der Waals surface area contributed by atoms with Gasteiger partial charge in [0, 0.05) is 16.8 Å². The molecule has 2 rings (SSSR count). The van der Waals surface area contributed by atoms with Crippen molar-refractivity contribution < 1.29 is 5.11 Å². The highest BCUT2D eigenvalue weighted by atomic mass is 35.5. The van der Waals surface area contributed by atoms with Crippen molar-refractivity contribution in [1.82, 2.24) is 4.98 Å². The summed E-state index contributed by atoms with van der Waals surface area (Å²) >= 11 is 6.05. The van der Waals surface area contributed by atoms with Gasteiger partial charge in [-0.15, -0.1) is 0 Å². The number of hydrogen-bond acceptors (Lipinski definition) is 3. The quantitative estimate of drug-likeness (QED) is 0.770. The molecule has 0 atom stereocenters. The SMILES string of the molecule is Cc1c(N)cc(-c2ccc(C(C)(C)C)cc2O)nc1Cl. The van der Waals surface area contributed by atoms with E-state index in [0.717, 1.165) is 11.1 Å². The molecule has 0 amide bonds. The molecule has 1 aromatic heterocycles. The Bertz CT molecular complexity index is 637. The van der Waals surface area contributed by atoms with E-state index >= 15 is 0 Å². The third kappa shape index (κ3) is 2.73. The van der Waals surface area contributed by atoms with E-state index in [1.54, 1.807) is 12.1 Å². The second-order valence-electron chi connectivity index (χ2n) is 5.99. The summed E-state index contributed by atoms with van der Waals surface area (Å²) < 4.78 is 0. The van der Waals surface area contributed by atoms with Gasteiger partial charge in [0.15, 0.2) is 0 Å². The van der Waals surface area contributed by atoms with Crippen LogP contribution in [-0.2, 0) is 5.41 Å². The summed E-state index contributed by atoms with van der Waals surface area (Å²) in [5.74, 6) is 0.184. The number of phenolic OH excluding ortho intramolecular Hbond substituents is 1. The van der Waals surface area contributed by atoms with Gasteiger partial charge in [0.25, 0.3) is 0 Å². The Morgan fingerprint density at radius 3 is 2.35 bits per heavy atom. The molecule has 0 bridgehead atoms. The fourth-order valence-electron chi connectivity index (χ4n) is 1.95. The highest BCUT2D eigenvalue weighted by Gasteiger charge is 2.17. The van der Waals surface area contributed by atoms with Gasteiger partial charge in [0.05, 0.1) is 5.69 Å². The number of rotatable bonds is 1. The fourth-order valence-corrected chi connectivity index (χ4v) is 2.15. The number of halogens is 1. The van der Waals surface area contributed by atoms with E-state index in [4.69, 9.17) is 17.3 Å². The van der Waals surface area contributed by atoms with Crippen LogP contribution in [0.2, 0.25) is 5.15 Å². The van der Waals surface area contributed by atoms with Crippen molar-refractivity contribution in [3.8, 4) is 17.0 Å². The lowest BCUT2D eigenvalue weighted by Crippen LogP contribution is -2.10. The van der Waals surface area contributed by atoms with Crippen molar-refractivity contribution >= 4 is 17.3 Å². The minimum Gasteiger partial charge on any atom is -0.507 e. The molecule has 0 fully saturated rings. The molecule has 0 radical (unpaired) electrons. The average molecular weight is 291 g/mol. The van der Waals surface area contributed by atoms with Crippen molar-refractivity contribution in [2.45, 2.75) is 33.1 Å². The van der Waals surface area contributed by atoms with Crippen molar-refractivity contribution in [2.24, 2.45) is 0 Å². The molecule has 0 aliphatic heterocycles. The Labute approximate surface area is 124 Å². The number of nitrogens with zero attached hydrogens (tertiary/aromatic N) is 1. The standard InChI is InChI=1S/C16H19ClN2O/c1-9-12(18)8-13(19-15(9)17)11-6-5-10(7-14(11)20)16(2,3)4/h5-8,20H,1-4H3,(H2,18,19). The van der Waals surface area contributed by atoms with E-state index in [9.17, 15) is 5.11 Å². The van der Waals surface area contributed by atoms with Crippen LogP contribution in [0.25, 0.3) is 11.3 Å². The number of aromatic nitrogens is 1. The minimum absolute atomic E-state index is 0.0204. The summed E-state index contributed by atoms with van der Waals surface area (Å²) in [7, 11) is 0. The predicted molar refractivity (Wildman–Crippen MR) is 84.2 cm³/mol. The summed E-state index contributed by atoms with van der Waals surface area (Å²) in [4.78, 5) is 4.28. The summed E-state index contributed by atoms with van der Waals surface area (Å²) in [6.45, 7) is 8.11. The van der Waals surface area contributed by atoms with Gasteiger partial charge < -0.3 is 10.8 Å². The van der Waals surface area contributed by atoms with Gasteiger partial charge in [-0.2, -0.15) is 0 Å². The van der Waals surface area contributed by atoms with E-state index in [0.29, 0.717) is 22.1 Å². The van der Waals surface area contributed by atoms with Gasteiger partial charge in [-0.3, -0.25) is 0 Å². The molecule has 0 saturated heterocycles. The molecule has 4 heteroatoms. The second-order valence-corrected chi connectivity index (χ2v) is 6.35. The highest BCUT2D eigenvalue weighted by molar-refractivity contribution is 6.30. The zero-order valence-corrected chi connectivity index (χ0v) is 12.9. The van der Waals surface area contributed by atoms with Crippen molar-refractivity contribution in [3.05, 3.63) is 40.5 Å². The van der Waals surface area contributed by atoms with E-state index in [1.807, 2.05) is 19.1 Å². The molecule has 3 N–H and O–H groups in total. The minimum atomic E-state index is -0.0204. The smallest absolute Gasteiger partial charge is 0.134 e. The fraction of sp³-hybridized carbons (Fsp3) is 0.312.